The molecule has 180 valence electrons. The van der Waals surface area contributed by atoms with Crippen LogP contribution in [0.5, 0.6) is 0 Å². The van der Waals surface area contributed by atoms with E-state index in [1.54, 1.807) is 0 Å². The van der Waals surface area contributed by atoms with Gasteiger partial charge in [-0.2, -0.15) is 0 Å². The quantitative estimate of drug-likeness (QED) is 0.291. The molecule has 6 heteroatoms. The Balaban J connectivity index is 0.00000306. The second kappa shape index (κ2) is 13.2. The summed E-state index contributed by atoms with van der Waals surface area (Å²) in [5.41, 5.74) is 2.74. The Hall–Kier alpha value is -1.80. The largest absolute Gasteiger partial charge is 0.371 e. The van der Waals surface area contributed by atoms with Crippen molar-refractivity contribution in [2.24, 2.45) is 10.9 Å². The van der Waals surface area contributed by atoms with Gasteiger partial charge >= 0.3 is 0 Å². The molecule has 0 aromatic heterocycles. The summed E-state index contributed by atoms with van der Waals surface area (Å²) in [6.45, 7) is 10.7. The number of nitrogens with zero attached hydrogens (tertiary/aromatic N) is 3. The van der Waals surface area contributed by atoms with Crippen LogP contribution in [0.3, 0.4) is 0 Å². The summed E-state index contributed by atoms with van der Waals surface area (Å²) >= 11 is 0. The number of halogens is 1. The van der Waals surface area contributed by atoms with E-state index in [9.17, 15) is 0 Å². The van der Waals surface area contributed by atoms with Gasteiger partial charge in [0.15, 0.2) is 5.96 Å². The fourth-order valence-corrected chi connectivity index (χ4v) is 4.99. The van der Waals surface area contributed by atoms with Crippen LogP contribution < -0.4 is 15.5 Å². The maximum Gasteiger partial charge on any atom is 0.191 e. The van der Waals surface area contributed by atoms with Crippen molar-refractivity contribution in [1.82, 2.24) is 15.5 Å². The normalized spacial score (nSPS) is 23.8. The molecule has 2 aromatic carbocycles. The van der Waals surface area contributed by atoms with Crippen molar-refractivity contribution in [1.29, 1.82) is 0 Å². The first-order chi connectivity index (χ1) is 15.7. The lowest BCUT2D eigenvalue weighted by molar-refractivity contribution is 0.134. The summed E-state index contributed by atoms with van der Waals surface area (Å²) in [5.74, 6) is 1.61. The van der Waals surface area contributed by atoms with Gasteiger partial charge in [-0.3, -0.25) is 9.89 Å². The monoisotopic (exact) mass is 561 g/mol. The molecule has 2 fully saturated rings. The van der Waals surface area contributed by atoms with Crippen LogP contribution in [0.1, 0.15) is 38.7 Å². The van der Waals surface area contributed by atoms with E-state index in [-0.39, 0.29) is 24.0 Å². The van der Waals surface area contributed by atoms with Gasteiger partial charge in [0, 0.05) is 57.0 Å². The standard InChI is InChI=1S/C27H39N5.HI/c1-3-28-27(29-19-24-14-16-32(21-24)26-12-8-5-9-13-26)30-25-15-17-31(22(2)18-25)20-23-10-6-4-7-11-23;/h4-13,22,24-25H,3,14-21H2,1-2H3,(H2,28,29,30);1H. The molecule has 2 aliphatic rings. The van der Waals surface area contributed by atoms with E-state index in [1.807, 2.05) is 0 Å². The molecule has 0 radical (unpaired) electrons. The maximum atomic E-state index is 4.98. The van der Waals surface area contributed by atoms with Crippen LogP contribution in [0.25, 0.3) is 0 Å². The number of hydrogen-bond acceptors (Lipinski definition) is 3. The minimum atomic E-state index is 0. The molecule has 2 N–H and O–H groups in total. The lowest BCUT2D eigenvalue weighted by Crippen LogP contribution is -2.51. The Morgan fingerprint density at radius 3 is 2.42 bits per heavy atom. The Labute approximate surface area is 217 Å². The molecule has 0 bridgehead atoms. The number of piperidine rings is 1. The zero-order valence-corrected chi connectivity index (χ0v) is 22.4. The smallest absolute Gasteiger partial charge is 0.191 e. The van der Waals surface area contributed by atoms with Gasteiger partial charge in [-0.25, -0.2) is 0 Å². The number of aliphatic imine (C=N–C) groups is 1. The fourth-order valence-electron chi connectivity index (χ4n) is 4.99. The zero-order valence-electron chi connectivity index (χ0n) is 20.1. The molecule has 33 heavy (non-hydrogen) atoms. The van der Waals surface area contributed by atoms with Crippen LogP contribution in [0.4, 0.5) is 5.69 Å². The zero-order chi connectivity index (χ0) is 22.2. The van der Waals surface area contributed by atoms with Crippen molar-refractivity contribution in [3.05, 3.63) is 66.2 Å². The average Bonchev–Trinajstić information content (AvgIpc) is 3.30. The fraction of sp³-hybridized carbons (Fsp3) is 0.519. The van der Waals surface area contributed by atoms with Crippen LogP contribution in [-0.4, -0.2) is 55.7 Å². The number of likely N-dealkylation sites (tertiary alicyclic amines) is 1. The minimum Gasteiger partial charge on any atom is -0.371 e. The number of guanidine groups is 1. The number of rotatable bonds is 7. The molecule has 0 saturated carbocycles. The molecule has 0 spiro atoms. The molecule has 0 aliphatic carbocycles. The van der Waals surface area contributed by atoms with E-state index < -0.39 is 0 Å². The van der Waals surface area contributed by atoms with Crippen molar-refractivity contribution < 1.29 is 0 Å². The molecule has 2 aromatic rings. The summed E-state index contributed by atoms with van der Waals surface area (Å²) in [6.07, 6.45) is 3.53. The molecular weight excluding hydrogens is 521 g/mol. The predicted octanol–water partition coefficient (Wildman–Crippen LogP) is 4.74. The number of nitrogens with one attached hydrogen (secondary N) is 2. The minimum absolute atomic E-state index is 0. The molecule has 3 unspecified atom stereocenters. The number of hydrogen-bond donors (Lipinski definition) is 2. The molecule has 0 amide bonds. The highest BCUT2D eigenvalue weighted by molar-refractivity contribution is 14.0. The average molecular weight is 562 g/mol. The van der Waals surface area contributed by atoms with Gasteiger partial charge in [0.05, 0.1) is 0 Å². The lowest BCUT2D eigenvalue weighted by Gasteiger charge is -2.38. The second-order valence-corrected chi connectivity index (χ2v) is 9.33. The highest BCUT2D eigenvalue weighted by atomic mass is 127. The van der Waals surface area contributed by atoms with Crippen molar-refractivity contribution in [3.63, 3.8) is 0 Å². The van der Waals surface area contributed by atoms with Crippen LogP contribution in [0, 0.1) is 5.92 Å². The summed E-state index contributed by atoms with van der Waals surface area (Å²) in [4.78, 5) is 10.1. The molecule has 4 rings (SSSR count). The van der Waals surface area contributed by atoms with Gasteiger partial charge in [-0.05, 0) is 56.7 Å². The molecule has 2 aliphatic heterocycles. The Kier molecular flexibility index (Phi) is 10.3. The van der Waals surface area contributed by atoms with E-state index >= 15 is 0 Å². The van der Waals surface area contributed by atoms with E-state index in [0.29, 0.717) is 18.0 Å². The van der Waals surface area contributed by atoms with Gasteiger partial charge < -0.3 is 15.5 Å². The number of anilines is 1. The summed E-state index contributed by atoms with van der Waals surface area (Å²) < 4.78 is 0. The van der Waals surface area contributed by atoms with Crippen LogP contribution in [0.2, 0.25) is 0 Å². The Morgan fingerprint density at radius 1 is 1.00 bits per heavy atom. The molecule has 5 nitrogen and oxygen atoms in total. The number of para-hydroxylation sites is 1. The molecule has 3 atom stereocenters. The SMILES string of the molecule is CCNC(=NCC1CCN(c2ccccc2)C1)NC1CCN(Cc2ccccc2)C(C)C1.I. The van der Waals surface area contributed by atoms with Gasteiger partial charge in [-0.1, -0.05) is 48.5 Å². The summed E-state index contributed by atoms with van der Waals surface area (Å²) in [7, 11) is 0. The first kappa shape index (κ1) is 25.8. The first-order valence-electron chi connectivity index (χ1n) is 12.3. The van der Waals surface area contributed by atoms with E-state index in [4.69, 9.17) is 4.99 Å². The third kappa shape index (κ3) is 7.60. The summed E-state index contributed by atoms with van der Waals surface area (Å²) in [6, 6.07) is 22.6. The first-order valence-corrected chi connectivity index (χ1v) is 12.3. The molecule has 2 saturated heterocycles. The maximum absolute atomic E-state index is 4.98. The van der Waals surface area contributed by atoms with Gasteiger partial charge in [0.1, 0.15) is 0 Å². The third-order valence-electron chi connectivity index (χ3n) is 6.84. The van der Waals surface area contributed by atoms with Gasteiger partial charge in [-0.15, -0.1) is 24.0 Å². The highest BCUT2D eigenvalue weighted by Crippen LogP contribution is 2.24. The molecular formula is C27H40IN5. The topological polar surface area (TPSA) is 42.9 Å². The summed E-state index contributed by atoms with van der Waals surface area (Å²) in [5, 5.41) is 7.21. The number of benzene rings is 2. The van der Waals surface area contributed by atoms with Crippen molar-refractivity contribution in [2.75, 3.05) is 37.6 Å². The third-order valence-corrected chi connectivity index (χ3v) is 6.84. The van der Waals surface area contributed by atoms with E-state index in [0.717, 1.165) is 58.1 Å². The predicted molar refractivity (Wildman–Crippen MR) is 151 cm³/mol. The highest BCUT2D eigenvalue weighted by Gasteiger charge is 2.26. The van der Waals surface area contributed by atoms with Crippen molar-refractivity contribution in [3.8, 4) is 0 Å². The van der Waals surface area contributed by atoms with Gasteiger partial charge in [0.2, 0.25) is 0 Å². The lowest BCUT2D eigenvalue weighted by atomic mass is 9.97. The van der Waals surface area contributed by atoms with Crippen LogP contribution in [0.15, 0.2) is 65.7 Å². The van der Waals surface area contributed by atoms with E-state index in [1.165, 1.54) is 17.7 Å². The second-order valence-electron chi connectivity index (χ2n) is 9.33. The Bertz CT molecular complexity index is 844. The van der Waals surface area contributed by atoms with E-state index in [2.05, 4.69) is 94.9 Å². The van der Waals surface area contributed by atoms with Crippen molar-refractivity contribution in [2.45, 2.75) is 51.7 Å². The van der Waals surface area contributed by atoms with Crippen molar-refractivity contribution >= 4 is 35.6 Å². The molecule has 2 heterocycles. The van der Waals surface area contributed by atoms with Gasteiger partial charge in [0.25, 0.3) is 0 Å². The Morgan fingerprint density at radius 2 is 1.73 bits per heavy atom. The van der Waals surface area contributed by atoms with Crippen LogP contribution >= 0.6 is 24.0 Å². The van der Waals surface area contributed by atoms with Crippen LogP contribution in [-0.2, 0) is 6.54 Å².